The van der Waals surface area contributed by atoms with E-state index in [0.29, 0.717) is 11.5 Å². The third-order valence-corrected chi connectivity index (χ3v) is 2.50. The van der Waals surface area contributed by atoms with E-state index in [-0.39, 0.29) is 11.4 Å². The maximum atomic E-state index is 11.3. The van der Waals surface area contributed by atoms with E-state index in [1.807, 2.05) is 0 Å². The number of carbonyl (C=O) groups is 1. The number of aliphatic imine (C=N–C) groups is 1. The van der Waals surface area contributed by atoms with Crippen molar-refractivity contribution < 1.29 is 14.6 Å². The summed E-state index contributed by atoms with van der Waals surface area (Å²) in [4.78, 5) is 15.2. The smallest absolute Gasteiger partial charge is 0.363 e. The molecule has 0 saturated carbocycles. The lowest BCUT2D eigenvalue weighted by molar-refractivity contribution is -0.130. The minimum absolute atomic E-state index is 0.0863. The van der Waals surface area contributed by atoms with Crippen molar-refractivity contribution in [2.24, 2.45) is 4.99 Å². The predicted molar refractivity (Wildman–Crippen MR) is 63.0 cm³/mol. The molecule has 0 saturated heterocycles. The number of benzene rings is 1. The van der Waals surface area contributed by atoms with Gasteiger partial charge in [-0.05, 0) is 24.3 Å². The van der Waals surface area contributed by atoms with Gasteiger partial charge in [-0.2, -0.15) is 0 Å². The van der Waals surface area contributed by atoms with E-state index in [0.717, 1.165) is 4.47 Å². The molecular weight excluding hydrogens is 274 g/mol. The largest absolute Gasteiger partial charge is 0.507 e. The Morgan fingerprint density at radius 2 is 2.25 bits per heavy atom. The number of phenols is 1. The van der Waals surface area contributed by atoms with Crippen molar-refractivity contribution in [3.05, 3.63) is 33.9 Å². The van der Waals surface area contributed by atoms with Crippen molar-refractivity contribution in [3.8, 4) is 5.75 Å². The summed E-state index contributed by atoms with van der Waals surface area (Å²) in [7, 11) is 0. The van der Waals surface area contributed by atoms with Gasteiger partial charge >= 0.3 is 5.97 Å². The molecule has 5 heteroatoms. The lowest BCUT2D eigenvalue weighted by Crippen LogP contribution is -1.99. The molecular formula is C11H8BrNO3. The summed E-state index contributed by atoms with van der Waals surface area (Å²) in [6.07, 6.45) is 1.49. The number of hydrogen-bond acceptors (Lipinski definition) is 4. The molecule has 0 fully saturated rings. The Kier molecular flexibility index (Phi) is 2.78. The standard InChI is InChI=1S/C11H8BrNO3/c1-6-13-9(11(15)16-6)5-7-4-8(12)2-3-10(7)14/h2-5,14H,1H3/b9-5+. The van der Waals surface area contributed by atoms with E-state index in [1.54, 1.807) is 19.1 Å². The molecule has 1 aromatic carbocycles. The van der Waals surface area contributed by atoms with E-state index in [1.165, 1.54) is 12.1 Å². The summed E-state index contributed by atoms with van der Waals surface area (Å²) in [5.74, 6) is -0.106. The van der Waals surface area contributed by atoms with Gasteiger partial charge < -0.3 is 9.84 Å². The Balaban J connectivity index is 2.43. The van der Waals surface area contributed by atoms with Gasteiger partial charge in [0.05, 0.1) is 0 Å². The molecule has 82 valence electrons. The number of rotatable bonds is 1. The quantitative estimate of drug-likeness (QED) is 0.636. The van der Waals surface area contributed by atoms with Gasteiger partial charge in [0.25, 0.3) is 0 Å². The monoisotopic (exact) mass is 281 g/mol. The van der Waals surface area contributed by atoms with Gasteiger partial charge in [0, 0.05) is 17.0 Å². The van der Waals surface area contributed by atoms with Gasteiger partial charge in [-0.1, -0.05) is 15.9 Å². The Morgan fingerprint density at radius 3 is 2.88 bits per heavy atom. The highest BCUT2D eigenvalue weighted by Crippen LogP contribution is 2.25. The molecule has 16 heavy (non-hydrogen) atoms. The zero-order valence-electron chi connectivity index (χ0n) is 8.40. The summed E-state index contributed by atoms with van der Waals surface area (Å²) in [5, 5.41) is 9.58. The second kappa shape index (κ2) is 4.09. The number of carbonyl (C=O) groups excluding carboxylic acids is 1. The summed E-state index contributed by atoms with van der Waals surface area (Å²) in [5.41, 5.74) is 0.700. The third-order valence-electron chi connectivity index (χ3n) is 2.01. The molecule has 1 aliphatic rings. The van der Waals surface area contributed by atoms with Crippen molar-refractivity contribution >= 4 is 33.9 Å². The second-order valence-corrected chi connectivity index (χ2v) is 4.17. The summed E-state index contributed by atoms with van der Waals surface area (Å²) in [6, 6.07) is 4.94. The van der Waals surface area contributed by atoms with Gasteiger partial charge in [-0.15, -0.1) is 0 Å². The van der Waals surface area contributed by atoms with Crippen LogP contribution in [0.4, 0.5) is 0 Å². The Morgan fingerprint density at radius 1 is 1.50 bits per heavy atom. The fraction of sp³-hybridized carbons (Fsp3) is 0.0909. The number of halogens is 1. The molecule has 1 heterocycles. The third kappa shape index (κ3) is 2.14. The van der Waals surface area contributed by atoms with Crippen LogP contribution in [0.3, 0.4) is 0 Å². The molecule has 1 aromatic rings. The van der Waals surface area contributed by atoms with Crippen LogP contribution in [0.25, 0.3) is 6.08 Å². The zero-order valence-corrected chi connectivity index (χ0v) is 9.98. The van der Waals surface area contributed by atoms with Gasteiger partial charge in [-0.3, -0.25) is 0 Å². The molecule has 0 spiro atoms. The molecule has 0 bridgehead atoms. The number of esters is 1. The number of phenolic OH excluding ortho intramolecular Hbond substituents is 1. The SMILES string of the molecule is CC1=N/C(=C/c2cc(Br)ccc2O)C(=O)O1. The van der Waals surface area contributed by atoms with Crippen LogP contribution in [0.1, 0.15) is 12.5 Å². The lowest BCUT2D eigenvalue weighted by Gasteiger charge is -1.99. The molecule has 4 nitrogen and oxygen atoms in total. The van der Waals surface area contributed by atoms with Crippen molar-refractivity contribution in [1.82, 2.24) is 0 Å². The highest BCUT2D eigenvalue weighted by atomic mass is 79.9. The first-order chi connectivity index (χ1) is 7.56. The molecule has 1 N–H and O–H groups in total. The number of hydrogen-bond donors (Lipinski definition) is 1. The van der Waals surface area contributed by atoms with Crippen molar-refractivity contribution in [3.63, 3.8) is 0 Å². The molecule has 0 aliphatic carbocycles. The van der Waals surface area contributed by atoms with Crippen LogP contribution in [0.5, 0.6) is 5.75 Å². The van der Waals surface area contributed by atoms with Gasteiger partial charge in [0.2, 0.25) is 0 Å². The Bertz CT molecular complexity index is 520. The molecule has 0 aromatic heterocycles. The number of cyclic esters (lactones) is 1. The van der Waals surface area contributed by atoms with Crippen LogP contribution >= 0.6 is 15.9 Å². The fourth-order valence-electron chi connectivity index (χ4n) is 1.30. The first kappa shape index (κ1) is 10.9. The van der Waals surface area contributed by atoms with Crippen LogP contribution < -0.4 is 0 Å². The first-order valence-corrected chi connectivity index (χ1v) is 5.33. The fourth-order valence-corrected chi connectivity index (χ4v) is 1.68. The van der Waals surface area contributed by atoms with Crippen LogP contribution in [0, 0.1) is 0 Å². The average Bonchev–Trinajstić information content (AvgIpc) is 2.51. The Labute approximate surface area is 100 Å². The molecule has 0 atom stereocenters. The first-order valence-electron chi connectivity index (χ1n) is 4.54. The topological polar surface area (TPSA) is 58.9 Å². The Hall–Kier alpha value is -1.62. The lowest BCUT2D eigenvalue weighted by atomic mass is 10.1. The van der Waals surface area contributed by atoms with Crippen molar-refractivity contribution in [2.75, 3.05) is 0 Å². The van der Waals surface area contributed by atoms with Gasteiger partial charge in [-0.25, -0.2) is 9.79 Å². The molecule has 2 rings (SSSR count). The van der Waals surface area contributed by atoms with Crippen LogP contribution in [0.2, 0.25) is 0 Å². The van der Waals surface area contributed by atoms with E-state index in [2.05, 4.69) is 20.9 Å². The highest BCUT2D eigenvalue weighted by Gasteiger charge is 2.20. The maximum absolute atomic E-state index is 11.3. The maximum Gasteiger partial charge on any atom is 0.363 e. The molecule has 0 unspecified atom stereocenters. The summed E-state index contributed by atoms with van der Waals surface area (Å²) in [6.45, 7) is 1.60. The summed E-state index contributed by atoms with van der Waals surface area (Å²) < 4.78 is 5.58. The van der Waals surface area contributed by atoms with E-state index >= 15 is 0 Å². The highest BCUT2D eigenvalue weighted by molar-refractivity contribution is 9.10. The minimum atomic E-state index is -0.503. The second-order valence-electron chi connectivity index (χ2n) is 3.25. The molecule has 1 aliphatic heterocycles. The van der Waals surface area contributed by atoms with Crippen molar-refractivity contribution in [2.45, 2.75) is 6.92 Å². The van der Waals surface area contributed by atoms with Crippen LogP contribution in [-0.2, 0) is 9.53 Å². The minimum Gasteiger partial charge on any atom is -0.507 e. The van der Waals surface area contributed by atoms with Crippen molar-refractivity contribution in [1.29, 1.82) is 0 Å². The van der Waals surface area contributed by atoms with Gasteiger partial charge in [0.1, 0.15) is 5.75 Å². The molecule has 0 radical (unpaired) electrons. The van der Waals surface area contributed by atoms with E-state index in [4.69, 9.17) is 4.74 Å². The number of aromatic hydroxyl groups is 1. The summed E-state index contributed by atoms with van der Waals surface area (Å²) >= 11 is 3.28. The van der Waals surface area contributed by atoms with Gasteiger partial charge in [0.15, 0.2) is 11.6 Å². The van der Waals surface area contributed by atoms with Crippen LogP contribution in [-0.4, -0.2) is 17.0 Å². The number of nitrogens with zero attached hydrogens (tertiary/aromatic N) is 1. The average molecular weight is 282 g/mol. The predicted octanol–water partition coefficient (Wildman–Crippen LogP) is 2.47. The van der Waals surface area contributed by atoms with E-state index in [9.17, 15) is 9.90 Å². The van der Waals surface area contributed by atoms with E-state index < -0.39 is 5.97 Å². The zero-order chi connectivity index (χ0) is 11.7. The normalized spacial score (nSPS) is 17.5. The van der Waals surface area contributed by atoms with Crippen LogP contribution in [0.15, 0.2) is 33.4 Å². The molecule has 0 amide bonds. The number of ether oxygens (including phenoxy) is 1.